The third kappa shape index (κ3) is 3.34. The lowest BCUT2D eigenvalue weighted by molar-refractivity contribution is -0.146. The van der Waals surface area contributed by atoms with Crippen LogP contribution in [-0.2, 0) is 4.79 Å². The van der Waals surface area contributed by atoms with Crippen molar-refractivity contribution in [2.75, 3.05) is 0 Å². The SMILES string of the molecule is CCC1CCC(NC(=O)c2cc(=O)[nH]c3cc(F)ccc23)(C(=O)O)CC1. The van der Waals surface area contributed by atoms with Crippen LogP contribution in [0, 0.1) is 11.7 Å². The van der Waals surface area contributed by atoms with E-state index in [0.717, 1.165) is 31.4 Å². The van der Waals surface area contributed by atoms with Crippen molar-refractivity contribution < 1.29 is 19.1 Å². The maximum atomic E-state index is 13.4. The van der Waals surface area contributed by atoms with Crippen LogP contribution >= 0.6 is 0 Å². The molecule has 1 fully saturated rings. The molecule has 0 bridgehead atoms. The van der Waals surface area contributed by atoms with Crippen LogP contribution in [0.2, 0.25) is 0 Å². The Balaban J connectivity index is 1.95. The highest BCUT2D eigenvalue weighted by atomic mass is 19.1. The van der Waals surface area contributed by atoms with E-state index in [4.69, 9.17) is 0 Å². The van der Waals surface area contributed by atoms with Crippen molar-refractivity contribution in [3.63, 3.8) is 0 Å². The Labute approximate surface area is 149 Å². The van der Waals surface area contributed by atoms with Crippen molar-refractivity contribution in [3.05, 3.63) is 46.0 Å². The second-order valence-electron chi connectivity index (χ2n) is 6.93. The molecule has 1 aromatic carbocycles. The first-order chi connectivity index (χ1) is 12.3. The molecule has 1 aliphatic carbocycles. The van der Waals surface area contributed by atoms with E-state index in [1.165, 1.54) is 12.1 Å². The lowest BCUT2D eigenvalue weighted by Crippen LogP contribution is -2.56. The van der Waals surface area contributed by atoms with Crippen LogP contribution in [0.5, 0.6) is 0 Å². The van der Waals surface area contributed by atoms with Gasteiger partial charge in [-0.15, -0.1) is 0 Å². The molecule has 1 heterocycles. The molecule has 1 aromatic heterocycles. The van der Waals surface area contributed by atoms with Gasteiger partial charge in [0.05, 0.1) is 11.1 Å². The van der Waals surface area contributed by atoms with Crippen molar-refractivity contribution >= 4 is 22.8 Å². The molecule has 1 saturated carbocycles. The molecule has 1 aliphatic rings. The number of hydrogen-bond donors (Lipinski definition) is 3. The zero-order valence-electron chi connectivity index (χ0n) is 14.5. The average molecular weight is 360 g/mol. The van der Waals surface area contributed by atoms with E-state index in [1.807, 2.05) is 0 Å². The van der Waals surface area contributed by atoms with Gasteiger partial charge in [0.15, 0.2) is 0 Å². The zero-order valence-corrected chi connectivity index (χ0v) is 14.5. The summed E-state index contributed by atoms with van der Waals surface area (Å²) in [5, 5.41) is 12.7. The van der Waals surface area contributed by atoms with Gasteiger partial charge < -0.3 is 15.4 Å². The van der Waals surface area contributed by atoms with Crippen LogP contribution in [0.1, 0.15) is 49.4 Å². The number of fused-ring (bicyclic) bond motifs is 1. The van der Waals surface area contributed by atoms with Gasteiger partial charge in [-0.25, -0.2) is 9.18 Å². The number of halogens is 1. The third-order valence-corrected chi connectivity index (χ3v) is 5.35. The molecule has 6 nitrogen and oxygen atoms in total. The highest BCUT2D eigenvalue weighted by Crippen LogP contribution is 2.34. The number of rotatable bonds is 4. The Kier molecular flexibility index (Phi) is 4.80. The number of aromatic amines is 1. The van der Waals surface area contributed by atoms with Crippen LogP contribution in [0.25, 0.3) is 10.9 Å². The second kappa shape index (κ2) is 6.90. The van der Waals surface area contributed by atoms with E-state index in [0.29, 0.717) is 24.1 Å². The highest BCUT2D eigenvalue weighted by molar-refractivity contribution is 6.07. The van der Waals surface area contributed by atoms with Gasteiger partial charge in [-0.1, -0.05) is 13.3 Å². The molecule has 3 rings (SSSR count). The van der Waals surface area contributed by atoms with Gasteiger partial charge in [-0.2, -0.15) is 0 Å². The van der Waals surface area contributed by atoms with E-state index in [-0.39, 0.29) is 11.1 Å². The Morgan fingerprint density at radius 3 is 2.62 bits per heavy atom. The van der Waals surface area contributed by atoms with Crippen molar-refractivity contribution in [1.29, 1.82) is 0 Å². The number of benzene rings is 1. The summed E-state index contributed by atoms with van der Waals surface area (Å²) in [6.45, 7) is 2.07. The van der Waals surface area contributed by atoms with Crippen molar-refractivity contribution in [3.8, 4) is 0 Å². The number of pyridine rings is 1. The standard InChI is InChI=1S/C19H21FN2O4/c1-2-11-5-7-19(8-6-11,18(25)26)22-17(24)14-10-16(23)21-15-9-12(20)3-4-13(14)15/h3-4,9-11H,2,5-8H2,1H3,(H,21,23)(H,22,24)(H,25,26). The van der Waals surface area contributed by atoms with Gasteiger partial charge in [0, 0.05) is 11.5 Å². The number of aliphatic carboxylic acids is 1. The number of hydrogen-bond acceptors (Lipinski definition) is 3. The lowest BCUT2D eigenvalue weighted by Gasteiger charge is -2.37. The summed E-state index contributed by atoms with van der Waals surface area (Å²) in [6, 6.07) is 4.84. The molecule has 1 amide bonds. The molecule has 3 N–H and O–H groups in total. The summed E-state index contributed by atoms with van der Waals surface area (Å²) in [6.07, 6.45) is 3.13. The van der Waals surface area contributed by atoms with E-state index in [1.54, 1.807) is 0 Å². The van der Waals surface area contributed by atoms with E-state index in [2.05, 4.69) is 17.2 Å². The Morgan fingerprint density at radius 2 is 2.00 bits per heavy atom. The molecule has 7 heteroatoms. The number of carboxylic acids is 1. The molecule has 0 saturated heterocycles. The molecule has 2 aromatic rings. The van der Waals surface area contributed by atoms with Gasteiger partial charge in [-0.05, 0) is 49.8 Å². The maximum Gasteiger partial charge on any atom is 0.329 e. The van der Waals surface area contributed by atoms with Crippen molar-refractivity contribution in [1.82, 2.24) is 10.3 Å². The Bertz CT molecular complexity index is 913. The fraction of sp³-hybridized carbons (Fsp3) is 0.421. The first-order valence-corrected chi connectivity index (χ1v) is 8.73. The molecule has 0 atom stereocenters. The fourth-order valence-corrected chi connectivity index (χ4v) is 3.68. The number of carbonyl (C=O) groups excluding carboxylic acids is 1. The molecular formula is C19H21FN2O4. The van der Waals surface area contributed by atoms with E-state index < -0.39 is 28.8 Å². The Morgan fingerprint density at radius 1 is 1.31 bits per heavy atom. The fourth-order valence-electron chi connectivity index (χ4n) is 3.68. The molecule has 0 unspecified atom stereocenters. The van der Waals surface area contributed by atoms with Crippen LogP contribution < -0.4 is 10.9 Å². The molecule has 0 spiro atoms. The van der Waals surface area contributed by atoms with Gasteiger partial charge in [0.1, 0.15) is 11.4 Å². The average Bonchev–Trinajstić information content (AvgIpc) is 2.61. The number of aromatic nitrogens is 1. The summed E-state index contributed by atoms with van der Waals surface area (Å²) in [4.78, 5) is 39.0. The number of H-pyrrole nitrogens is 1. The molecule has 0 radical (unpaired) electrons. The molecular weight excluding hydrogens is 339 g/mol. The van der Waals surface area contributed by atoms with Gasteiger partial charge in [-0.3, -0.25) is 9.59 Å². The van der Waals surface area contributed by atoms with Crippen LogP contribution in [0.4, 0.5) is 4.39 Å². The summed E-state index contributed by atoms with van der Waals surface area (Å²) in [5.74, 6) is -1.78. The normalized spacial score (nSPS) is 22.9. The van der Waals surface area contributed by atoms with E-state index in [9.17, 15) is 23.9 Å². The topological polar surface area (TPSA) is 99.3 Å². The summed E-state index contributed by atoms with van der Waals surface area (Å²) >= 11 is 0. The lowest BCUT2D eigenvalue weighted by atomic mass is 9.75. The van der Waals surface area contributed by atoms with Crippen LogP contribution in [-0.4, -0.2) is 27.5 Å². The van der Waals surface area contributed by atoms with Gasteiger partial charge >= 0.3 is 5.97 Å². The minimum absolute atomic E-state index is 0.0435. The quantitative estimate of drug-likeness (QED) is 0.781. The largest absolute Gasteiger partial charge is 0.480 e. The van der Waals surface area contributed by atoms with Crippen molar-refractivity contribution in [2.24, 2.45) is 5.92 Å². The van der Waals surface area contributed by atoms with Crippen molar-refractivity contribution in [2.45, 2.75) is 44.6 Å². The van der Waals surface area contributed by atoms with Gasteiger partial charge in [0.25, 0.3) is 5.91 Å². The molecule has 0 aliphatic heterocycles. The number of amides is 1. The Hall–Kier alpha value is -2.70. The molecule has 138 valence electrons. The zero-order chi connectivity index (χ0) is 18.9. The third-order valence-electron chi connectivity index (χ3n) is 5.35. The predicted molar refractivity (Wildman–Crippen MR) is 94.6 cm³/mol. The summed E-state index contributed by atoms with van der Waals surface area (Å²) < 4.78 is 13.4. The minimum atomic E-state index is -1.34. The highest BCUT2D eigenvalue weighted by Gasteiger charge is 2.43. The number of nitrogens with one attached hydrogen (secondary N) is 2. The minimum Gasteiger partial charge on any atom is -0.480 e. The predicted octanol–water partition coefficient (Wildman–Crippen LogP) is 2.82. The maximum absolute atomic E-state index is 13.4. The van der Waals surface area contributed by atoms with Gasteiger partial charge in [0.2, 0.25) is 5.56 Å². The first-order valence-electron chi connectivity index (χ1n) is 8.73. The first kappa shape index (κ1) is 18.1. The van der Waals surface area contributed by atoms with E-state index >= 15 is 0 Å². The summed E-state index contributed by atoms with van der Waals surface area (Å²) in [5.41, 5.74) is -1.64. The smallest absolute Gasteiger partial charge is 0.329 e. The van der Waals surface area contributed by atoms with Crippen LogP contribution in [0.15, 0.2) is 29.1 Å². The number of carbonyl (C=O) groups is 2. The number of carboxylic acid groups (broad SMARTS) is 1. The second-order valence-corrected chi connectivity index (χ2v) is 6.93. The summed E-state index contributed by atoms with van der Waals surface area (Å²) in [7, 11) is 0. The monoisotopic (exact) mass is 360 g/mol. The molecule has 26 heavy (non-hydrogen) atoms. The van der Waals surface area contributed by atoms with Crippen LogP contribution in [0.3, 0.4) is 0 Å².